The van der Waals surface area contributed by atoms with E-state index in [0.29, 0.717) is 42.1 Å². The topological polar surface area (TPSA) is 175 Å². The van der Waals surface area contributed by atoms with Crippen LogP contribution in [0.15, 0.2) is 34.1 Å². The smallest absolute Gasteiger partial charge is 0.330 e. The fraction of sp³-hybridized carbons (Fsp3) is 0.440. The molecule has 2 N–H and O–H groups in total. The van der Waals surface area contributed by atoms with Gasteiger partial charge in [0.1, 0.15) is 11.4 Å². The van der Waals surface area contributed by atoms with Crippen LogP contribution in [0.3, 0.4) is 0 Å². The van der Waals surface area contributed by atoms with E-state index >= 15 is 0 Å². The molecule has 2 amide bonds. The van der Waals surface area contributed by atoms with Gasteiger partial charge in [0, 0.05) is 49.6 Å². The molecular formula is C25H29N2O10S2+. The minimum atomic E-state index is -4.69. The van der Waals surface area contributed by atoms with Gasteiger partial charge in [0.05, 0.1) is 10.3 Å². The van der Waals surface area contributed by atoms with E-state index in [1.165, 1.54) is 18.2 Å². The van der Waals surface area contributed by atoms with Crippen LogP contribution in [0.2, 0.25) is 0 Å². The van der Waals surface area contributed by atoms with Crippen molar-refractivity contribution in [2.45, 2.75) is 74.5 Å². The molecule has 2 aromatic rings. The molecule has 0 atom stereocenters. The minimum Gasteiger partial charge on any atom is -0.330 e. The number of fused-ring (bicyclic) bond motifs is 3. The molecule has 0 aromatic heterocycles. The molecule has 2 aromatic carbocycles. The Bertz CT molecular complexity index is 1640. The van der Waals surface area contributed by atoms with Crippen LogP contribution in [0, 0.1) is 0 Å². The zero-order chi connectivity index (χ0) is 28.9. The van der Waals surface area contributed by atoms with Gasteiger partial charge in [-0.1, -0.05) is 6.07 Å². The van der Waals surface area contributed by atoms with E-state index < -0.39 is 48.3 Å². The lowest BCUT2D eigenvalue weighted by molar-refractivity contribution is -0.439. The van der Waals surface area contributed by atoms with Crippen molar-refractivity contribution in [2.24, 2.45) is 0 Å². The van der Waals surface area contributed by atoms with Crippen LogP contribution in [0.4, 0.5) is 5.69 Å². The van der Waals surface area contributed by atoms with E-state index in [9.17, 15) is 40.3 Å². The van der Waals surface area contributed by atoms with Crippen molar-refractivity contribution in [1.29, 1.82) is 0 Å². The Morgan fingerprint density at radius 2 is 1.62 bits per heavy atom. The van der Waals surface area contributed by atoms with Gasteiger partial charge in [0.25, 0.3) is 32.1 Å². The SMILES string of the molecule is CC1=[N+](CCCCCC(=O)ON2C(=O)CCC2=O)c2cc(S(=O)(=O)O)c3ccc(S(=O)(=O)O)cc3c2C1(C)C. The zero-order valence-corrected chi connectivity index (χ0v) is 23.3. The Labute approximate surface area is 225 Å². The molecule has 2 aliphatic rings. The van der Waals surface area contributed by atoms with E-state index in [1.54, 1.807) is 0 Å². The average molecular weight is 582 g/mol. The molecule has 1 saturated heterocycles. The van der Waals surface area contributed by atoms with Crippen LogP contribution in [0.25, 0.3) is 10.8 Å². The Kier molecular flexibility index (Phi) is 7.44. The van der Waals surface area contributed by atoms with Crippen molar-refractivity contribution in [2.75, 3.05) is 6.54 Å². The van der Waals surface area contributed by atoms with E-state index in [0.717, 1.165) is 11.8 Å². The van der Waals surface area contributed by atoms with Gasteiger partial charge in [0.15, 0.2) is 5.71 Å². The first-order valence-electron chi connectivity index (χ1n) is 12.3. The summed E-state index contributed by atoms with van der Waals surface area (Å²) in [6.45, 7) is 6.11. The molecule has 4 rings (SSSR count). The number of amides is 2. The molecule has 0 radical (unpaired) electrons. The highest BCUT2D eigenvalue weighted by Gasteiger charge is 2.45. The number of imide groups is 1. The van der Waals surface area contributed by atoms with Gasteiger partial charge < -0.3 is 4.84 Å². The van der Waals surface area contributed by atoms with Crippen molar-refractivity contribution in [3.8, 4) is 0 Å². The number of nitrogens with zero attached hydrogens (tertiary/aromatic N) is 2. The quantitative estimate of drug-likeness (QED) is 0.194. The third-order valence-electron chi connectivity index (χ3n) is 7.31. The van der Waals surface area contributed by atoms with E-state index in [1.807, 2.05) is 25.3 Å². The van der Waals surface area contributed by atoms with Crippen LogP contribution >= 0.6 is 0 Å². The Morgan fingerprint density at radius 3 is 2.21 bits per heavy atom. The predicted octanol–water partition coefficient (Wildman–Crippen LogP) is 2.90. The summed E-state index contributed by atoms with van der Waals surface area (Å²) in [5.74, 6) is -1.78. The lowest BCUT2D eigenvalue weighted by atomic mass is 9.80. The number of rotatable bonds is 9. The highest BCUT2D eigenvalue weighted by atomic mass is 32.2. The Hall–Kier alpha value is -3.20. The van der Waals surface area contributed by atoms with Crippen LogP contribution < -0.4 is 0 Å². The predicted molar refractivity (Wildman–Crippen MR) is 138 cm³/mol. The fourth-order valence-corrected chi connectivity index (χ4v) is 6.33. The lowest BCUT2D eigenvalue weighted by Gasteiger charge is -2.18. The summed E-state index contributed by atoms with van der Waals surface area (Å²) in [5, 5.41) is 0.907. The van der Waals surface area contributed by atoms with E-state index in [-0.39, 0.29) is 34.9 Å². The Balaban J connectivity index is 1.58. The summed E-state index contributed by atoms with van der Waals surface area (Å²) in [6, 6.07) is 4.89. The van der Waals surface area contributed by atoms with Gasteiger partial charge >= 0.3 is 5.97 Å². The van der Waals surface area contributed by atoms with Gasteiger partial charge in [-0.05, 0) is 44.2 Å². The molecular weight excluding hydrogens is 552 g/mol. The summed E-state index contributed by atoms with van der Waals surface area (Å²) in [4.78, 5) is 39.3. The normalized spacial score (nSPS) is 17.3. The molecule has 2 aliphatic heterocycles. The van der Waals surface area contributed by atoms with Gasteiger partial charge in [-0.3, -0.25) is 18.7 Å². The zero-order valence-electron chi connectivity index (χ0n) is 21.6. The molecule has 0 unspecified atom stereocenters. The molecule has 1 fully saturated rings. The molecule has 39 heavy (non-hydrogen) atoms. The molecule has 0 spiro atoms. The molecule has 0 bridgehead atoms. The summed E-state index contributed by atoms with van der Waals surface area (Å²) in [7, 11) is -9.26. The second-order valence-electron chi connectivity index (χ2n) is 10.1. The van der Waals surface area contributed by atoms with Gasteiger partial charge in [-0.25, -0.2) is 4.79 Å². The first kappa shape index (κ1) is 28.8. The standard InChI is InChI=1S/C25H28N2O10S2/c1-15-25(2,3)24-18-13-16(38(31,32)33)8-9-17(18)20(39(34,35)36)14-19(24)26(15)12-6-4-5-7-23(30)37-27-21(28)10-11-22(27)29/h8-9,13-14H,4-7,10-12H2,1-3H3,(H-,31,32,33,34,35,36)/p+1. The Morgan fingerprint density at radius 1 is 0.974 bits per heavy atom. The number of hydrogen-bond donors (Lipinski definition) is 2. The monoisotopic (exact) mass is 581 g/mol. The summed E-state index contributed by atoms with van der Waals surface area (Å²) in [5.41, 5.74) is 1.34. The number of benzene rings is 2. The van der Waals surface area contributed by atoms with Crippen molar-refractivity contribution in [1.82, 2.24) is 5.06 Å². The van der Waals surface area contributed by atoms with Gasteiger partial charge in [-0.2, -0.15) is 21.4 Å². The maximum atomic E-state index is 12.3. The fourth-order valence-electron chi connectivity index (χ4n) is 5.11. The highest BCUT2D eigenvalue weighted by Crippen LogP contribution is 2.46. The highest BCUT2D eigenvalue weighted by molar-refractivity contribution is 7.86. The summed E-state index contributed by atoms with van der Waals surface area (Å²) >= 11 is 0. The number of carbonyl (C=O) groups is 3. The number of hydroxylamine groups is 2. The molecule has 12 nitrogen and oxygen atoms in total. The average Bonchev–Trinajstić information content (AvgIpc) is 3.24. The molecule has 0 aliphatic carbocycles. The summed E-state index contributed by atoms with van der Waals surface area (Å²) in [6.07, 6.45) is 1.60. The van der Waals surface area contributed by atoms with Gasteiger partial charge in [-0.15, -0.1) is 5.06 Å². The third kappa shape index (κ3) is 5.46. The van der Waals surface area contributed by atoms with Crippen molar-refractivity contribution in [3.63, 3.8) is 0 Å². The molecule has 210 valence electrons. The summed E-state index contributed by atoms with van der Waals surface area (Å²) < 4.78 is 69.7. The first-order chi connectivity index (χ1) is 18.0. The molecule has 14 heteroatoms. The second-order valence-corrected chi connectivity index (χ2v) is 13.0. The van der Waals surface area contributed by atoms with Crippen LogP contribution in [0.5, 0.6) is 0 Å². The number of hydrogen-bond acceptors (Lipinski definition) is 8. The molecule has 2 heterocycles. The number of unbranched alkanes of at least 4 members (excludes halogenated alkanes) is 2. The maximum Gasteiger partial charge on any atom is 0.333 e. The second kappa shape index (κ2) is 10.1. The number of carbonyl (C=O) groups excluding carboxylic acids is 3. The minimum absolute atomic E-state index is 0.00219. The van der Waals surface area contributed by atoms with Crippen LogP contribution in [0.1, 0.15) is 64.9 Å². The van der Waals surface area contributed by atoms with Crippen molar-refractivity contribution in [3.05, 3.63) is 29.8 Å². The van der Waals surface area contributed by atoms with Crippen molar-refractivity contribution < 1.29 is 49.7 Å². The maximum absolute atomic E-state index is 12.3. The van der Waals surface area contributed by atoms with Crippen molar-refractivity contribution >= 4 is 60.2 Å². The van der Waals surface area contributed by atoms with Crippen LogP contribution in [-0.4, -0.2) is 65.6 Å². The largest absolute Gasteiger partial charge is 0.333 e. The first-order valence-corrected chi connectivity index (χ1v) is 15.2. The van der Waals surface area contributed by atoms with E-state index in [2.05, 4.69) is 0 Å². The third-order valence-corrected chi connectivity index (χ3v) is 9.06. The lowest BCUT2D eigenvalue weighted by Crippen LogP contribution is -2.31. The van der Waals surface area contributed by atoms with E-state index in [4.69, 9.17) is 4.84 Å². The van der Waals surface area contributed by atoms with Gasteiger partial charge in [0.2, 0.25) is 5.69 Å². The van der Waals surface area contributed by atoms with Crippen LogP contribution in [-0.2, 0) is 44.9 Å². The molecule has 0 saturated carbocycles.